The summed E-state index contributed by atoms with van der Waals surface area (Å²) in [5, 5.41) is 29.6. The van der Waals surface area contributed by atoms with Gasteiger partial charge in [-0.25, -0.2) is 0 Å². The van der Waals surface area contributed by atoms with E-state index in [1.54, 1.807) is 13.8 Å². The van der Waals surface area contributed by atoms with E-state index in [-0.39, 0.29) is 5.41 Å². The van der Waals surface area contributed by atoms with E-state index in [2.05, 4.69) is 51.3 Å². The molecular weight excluding hydrogens is 348 g/mol. The third-order valence-electron chi connectivity index (χ3n) is 6.61. The van der Waals surface area contributed by atoms with Crippen molar-refractivity contribution in [2.24, 2.45) is 23.2 Å². The van der Waals surface area contributed by atoms with Crippen LogP contribution in [-0.2, 0) is 0 Å². The second-order valence-electron chi connectivity index (χ2n) is 9.87. The lowest BCUT2D eigenvalue weighted by molar-refractivity contribution is 0.0862. The molecule has 0 heterocycles. The number of hydrogen-bond donors (Lipinski definition) is 3. The van der Waals surface area contributed by atoms with Crippen molar-refractivity contribution in [3.8, 4) is 11.8 Å². The SMILES string of the molecule is C=C1/C(=C/C=C/[C@@H]2CC[C@H]([C@H](C)CC#CC(C)(C)O)C2(C)C)C[C@@H](O)C[C@@H]1O. The summed E-state index contributed by atoms with van der Waals surface area (Å²) in [6.07, 6.45) is 9.35. The van der Waals surface area contributed by atoms with Gasteiger partial charge in [-0.15, -0.1) is 5.92 Å². The average molecular weight is 387 g/mol. The van der Waals surface area contributed by atoms with Crippen molar-refractivity contribution in [1.29, 1.82) is 0 Å². The molecule has 0 radical (unpaired) electrons. The van der Waals surface area contributed by atoms with Crippen molar-refractivity contribution in [2.75, 3.05) is 0 Å². The lowest BCUT2D eigenvalue weighted by atomic mass is 9.70. The van der Waals surface area contributed by atoms with Crippen LogP contribution in [0.15, 0.2) is 36.0 Å². The van der Waals surface area contributed by atoms with Gasteiger partial charge in [-0.3, -0.25) is 0 Å². The van der Waals surface area contributed by atoms with E-state index in [9.17, 15) is 15.3 Å². The first-order valence-corrected chi connectivity index (χ1v) is 10.6. The Balaban J connectivity index is 2.02. The molecule has 0 aromatic rings. The number of aliphatic hydroxyl groups is 3. The molecule has 0 aliphatic heterocycles. The summed E-state index contributed by atoms with van der Waals surface area (Å²) in [7, 11) is 0. The minimum absolute atomic E-state index is 0.188. The molecule has 0 unspecified atom stereocenters. The maximum absolute atomic E-state index is 9.98. The van der Waals surface area contributed by atoms with Crippen LogP contribution in [0.2, 0.25) is 0 Å². The minimum atomic E-state index is -0.923. The van der Waals surface area contributed by atoms with E-state index in [0.717, 1.165) is 24.0 Å². The van der Waals surface area contributed by atoms with Gasteiger partial charge in [0, 0.05) is 12.8 Å². The first-order chi connectivity index (χ1) is 12.9. The Kier molecular flexibility index (Phi) is 7.37. The van der Waals surface area contributed by atoms with Gasteiger partial charge in [-0.1, -0.05) is 51.5 Å². The zero-order valence-corrected chi connectivity index (χ0v) is 18.2. The predicted molar refractivity (Wildman–Crippen MR) is 115 cm³/mol. The van der Waals surface area contributed by atoms with Gasteiger partial charge in [0.2, 0.25) is 0 Å². The molecule has 2 rings (SSSR count). The van der Waals surface area contributed by atoms with Gasteiger partial charge in [-0.05, 0) is 67.4 Å². The van der Waals surface area contributed by atoms with Crippen molar-refractivity contribution in [1.82, 2.24) is 0 Å². The highest BCUT2D eigenvalue weighted by Crippen LogP contribution is 2.51. The Morgan fingerprint density at radius 1 is 1.29 bits per heavy atom. The van der Waals surface area contributed by atoms with Crippen molar-refractivity contribution in [3.63, 3.8) is 0 Å². The predicted octanol–water partition coefficient (Wildman–Crippen LogP) is 4.39. The second kappa shape index (κ2) is 8.99. The van der Waals surface area contributed by atoms with Crippen molar-refractivity contribution < 1.29 is 15.3 Å². The largest absolute Gasteiger partial charge is 0.393 e. The Bertz CT molecular complexity index is 681. The van der Waals surface area contributed by atoms with E-state index in [4.69, 9.17) is 0 Å². The highest BCUT2D eigenvalue weighted by atomic mass is 16.3. The summed E-state index contributed by atoms with van der Waals surface area (Å²) in [4.78, 5) is 0. The summed E-state index contributed by atoms with van der Waals surface area (Å²) < 4.78 is 0. The molecule has 3 heteroatoms. The molecule has 0 spiro atoms. The molecule has 3 N–H and O–H groups in total. The molecule has 0 amide bonds. The molecular formula is C25H38O3. The number of rotatable bonds is 4. The first-order valence-electron chi connectivity index (χ1n) is 10.6. The van der Waals surface area contributed by atoms with Crippen LogP contribution in [-0.4, -0.2) is 33.1 Å². The molecule has 2 fully saturated rings. The Morgan fingerprint density at radius 2 is 1.96 bits per heavy atom. The Hall–Kier alpha value is -1.34. The molecule has 3 nitrogen and oxygen atoms in total. The van der Waals surface area contributed by atoms with E-state index in [1.807, 2.05) is 6.08 Å². The van der Waals surface area contributed by atoms with Gasteiger partial charge >= 0.3 is 0 Å². The van der Waals surface area contributed by atoms with Gasteiger partial charge in [-0.2, -0.15) is 0 Å². The molecule has 0 bridgehead atoms. The van der Waals surface area contributed by atoms with Crippen LogP contribution in [0, 0.1) is 35.0 Å². The van der Waals surface area contributed by atoms with E-state index >= 15 is 0 Å². The van der Waals surface area contributed by atoms with Crippen molar-refractivity contribution in [2.45, 2.75) is 84.5 Å². The van der Waals surface area contributed by atoms with Gasteiger partial charge in [0.15, 0.2) is 0 Å². The molecule has 2 aliphatic carbocycles. The maximum atomic E-state index is 9.98. The third-order valence-corrected chi connectivity index (χ3v) is 6.61. The summed E-state index contributed by atoms with van der Waals surface area (Å²) in [6, 6.07) is 0. The van der Waals surface area contributed by atoms with Crippen LogP contribution >= 0.6 is 0 Å². The van der Waals surface area contributed by atoms with E-state index in [1.165, 1.54) is 6.42 Å². The second-order valence-corrected chi connectivity index (χ2v) is 9.87. The minimum Gasteiger partial charge on any atom is -0.393 e. The van der Waals surface area contributed by atoms with Gasteiger partial charge < -0.3 is 15.3 Å². The van der Waals surface area contributed by atoms with Crippen LogP contribution in [0.5, 0.6) is 0 Å². The molecule has 156 valence electrons. The van der Waals surface area contributed by atoms with Gasteiger partial charge in [0.25, 0.3) is 0 Å². The van der Waals surface area contributed by atoms with Crippen LogP contribution in [0.4, 0.5) is 0 Å². The quantitative estimate of drug-likeness (QED) is 0.628. The lowest BCUT2D eigenvalue weighted by Crippen LogP contribution is -2.28. The third kappa shape index (κ3) is 5.83. The standard InChI is InChI=1S/C25H38O3/c1-17(9-8-14-24(3,4)28)22-13-12-20(25(22,5)6)11-7-10-19-15-21(26)16-23(27)18(19)2/h7,10-11,17,20-23,26-28H,2,9,12-13,15-16H2,1,3-6H3/b11-7+,19-10+/t17-,20-,21-,22-,23+/m1/s1. The first kappa shape index (κ1) is 22.9. The Morgan fingerprint density at radius 3 is 2.61 bits per heavy atom. The summed E-state index contributed by atoms with van der Waals surface area (Å²) in [5.41, 5.74) is 0.948. The Labute approximate surface area is 171 Å². The number of hydrogen-bond acceptors (Lipinski definition) is 3. The van der Waals surface area contributed by atoms with Crippen LogP contribution in [0.1, 0.15) is 66.7 Å². The number of aliphatic hydroxyl groups excluding tert-OH is 2. The summed E-state index contributed by atoms with van der Waals surface area (Å²) >= 11 is 0. The maximum Gasteiger partial charge on any atom is 0.119 e. The van der Waals surface area contributed by atoms with Crippen LogP contribution < -0.4 is 0 Å². The van der Waals surface area contributed by atoms with Gasteiger partial charge in [0.05, 0.1) is 12.2 Å². The number of allylic oxidation sites excluding steroid dienone is 3. The molecule has 0 aromatic carbocycles. The monoisotopic (exact) mass is 386 g/mol. The highest BCUT2D eigenvalue weighted by molar-refractivity contribution is 5.37. The topological polar surface area (TPSA) is 60.7 Å². The molecule has 0 aromatic heterocycles. The van der Waals surface area contributed by atoms with E-state index < -0.39 is 17.8 Å². The van der Waals surface area contributed by atoms with Crippen LogP contribution in [0.3, 0.4) is 0 Å². The normalized spacial score (nSPS) is 33.1. The average Bonchev–Trinajstić information content (AvgIpc) is 2.85. The zero-order chi connectivity index (χ0) is 21.1. The zero-order valence-electron chi connectivity index (χ0n) is 18.2. The van der Waals surface area contributed by atoms with Crippen LogP contribution in [0.25, 0.3) is 0 Å². The smallest absolute Gasteiger partial charge is 0.119 e. The fourth-order valence-corrected chi connectivity index (χ4v) is 4.87. The molecule has 2 saturated carbocycles. The van der Waals surface area contributed by atoms with Crippen molar-refractivity contribution in [3.05, 3.63) is 36.0 Å². The van der Waals surface area contributed by atoms with Gasteiger partial charge in [0.1, 0.15) is 5.60 Å². The van der Waals surface area contributed by atoms with Crippen molar-refractivity contribution >= 4 is 0 Å². The molecule has 5 atom stereocenters. The molecule has 28 heavy (non-hydrogen) atoms. The summed E-state index contributed by atoms with van der Waals surface area (Å²) in [5.74, 6) is 7.68. The van der Waals surface area contributed by atoms with E-state index in [0.29, 0.717) is 30.6 Å². The molecule has 0 saturated heterocycles. The fourth-order valence-electron chi connectivity index (χ4n) is 4.87. The molecule has 2 aliphatic rings. The fraction of sp³-hybridized carbons (Fsp3) is 0.680. The summed E-state index contributed by atoms with van der Waals surface area (Å²) in [6.45, 7) is 14.4. The lowest BCUT2D eigenvalue weighted by Gasteiger charge is -2.35. The highest BCUT2D eigenvalue weighted by Gasteiger charge is 2.43.